The average Bonchev–Trinajstić information content (AvgIpc) is 3.62. The number of benzene rings is 4. The van der Waals surface area contributed by atoms with Crippen LogP contribution in [0.2, 0.25) is 0 Å². The number of hydrogen-bond acceptors (Lipinski definition) is 3. The van der Waals surface area contributed by atoms with E-state index in [4.69, 9.17) is 4.98 Å². The van der Waals surface area contributed by atoms with Crippen LogP contribution in [-0.4, -0.2) is 30.2 Å². The molecule has 0 aliphatic heterocycles. The Morgan fingerprint density at radius 1 is 0.889 bits per heavy atom. The Bertz CT molecular complexity index is 1990. The topological polar surface area (TPSA) is 72.9 Å². The van der Waals surface area contributed by atoms with Crippen LogP contribution in [0, 0.1) is 6.92 Å². The molecule has 0 amide bonds. The molecule has 228 valence electrons. The Kier molecular flexibility index (Phi) is 8.01. The fourth-order valence-corrected chi connectivity index (χ4v) is 5.68. The number of aromatic nitrogens is 4. The van der Waals surface area contributed by atoms with E-state index >= 15 is 0 Å². The van der Waals surface area contributed by atoms with Crippen molar-refractivity contribution in [3.63, 3.8) is 0 Å². The van der Waals surface area contributed by atoms with E-state index in [2.05, 4.69) is 28.6 Å². The first-order valence-electron chi connectivity index (χ1n) is 14.7. The zero-order valence-corrected chi connectivity index (χ0v) is 24.8. The van der Waals surface area contributed by atoms with Crippen LogP contribution >= 0.6 is 0 Å². The maximum Gasteiger partial charge on any atom is 0.416 e. The highest BCUT2D eigenvalue weighted by atomic mass is 19.4. The van der Waals surface area contributed by atoms with Gasteiger partial charge >= 0.3 is 12.1 Å². The molecule has 0 saturated carbocycles. The first-order chi connectivity index (χ1) is 21.6. The second-order valence-corrected chi connectivity index (χ2v) is 11.2. The Balaban J connectivity index is 1.30. The van der Waals surface area contributed by atoms with Gasteiger partial charge in [0.1, 0.15) is 5.82 Å². The van der Waals surface area contributed by atoms with Gasteiger partial charge < -0.3 is 14.2 Å². The van der Waals surface area contributed by atoms with E-state index in [-0.39, 0.29) is 5.56 Å². The molecule has 6 rings (SSSR count). The molecule has 0 bridgehead atoms. The minimum atomic E-state index is -4.36. The molecule has 6 nitrogen and oxygen atoms in total. The fourth-order valence-electron chi connectivity index (χ4n) is 5.68. The summed E-state index contributed by atoms with van der Waals surface area (Å²) in [5.41, 5.74) is 7.56. The highest BCUT2D eigenvalue weighted by molar-refractivity contribution is 5.96. The summed E-state index contributed by atoms with van der Waals surface area (Å²) in [6.07, 6.45) is 0.984. The van der Waals surface area contributed by atoms with E-state index in [1.165, 1.54) is 12.1 Å². The normalized spacial score (nSPS) is 11.8. The zero-order chi connectivity index (χ0) is 31.7. The van der Waals surface area contributed by atoms with Crippen molar-refractivity contribution in [2.75, 3.05) is 0 Å². The standard InChI is InChI=1S/C36H31F3N4O2/c1-3-6-33-41-34-23(2)17-27(31-21-42(22-40-31)19-24-11-15-28(16-12-24)36(37,38)39)18-32(34)43(33)20-25-9-13-26(14-10-25)29-7-4-5-8-30(29)35(44)45/h4-5,7-18,21-22H,3,6,19-20H2,1-2H3,(H,44,45). The zero-order valence-electron chi connectivity index (χ0n) is 24.8. The van der Waals surface area contributed by atoms with Gasteiger partial charge in [-0.15, -0.1) is 0 Å². The van der Waals surface area contributed by atoms with Crippen molar-refractivity contribution in [2.24, 2.45) is 0 Å². The number of fused-ring (bicyclic) bond motifs is 1. The second-order valence-electron chi connectivity index (χ2n) is 11.2. The lowest BCUT2D eigenvalue weighted by molar-refractivity contribution is -0.137. The number of halogens is 3. The Labute approximate surface area is 258 Å². The van der Waals surface area contributed by atoms with Crippen LogP contribution < -0.4 is 0 Å². The number of nitrogens with zero attached hydrogens (tertiary/aromatic N) is 4. The molecule has 2 heterocycles. The van der Waals surface area contributed by atoms with Gasteiger partial charge in [0, 0.05) is 31.3 Å². The van der Waals surface area contributed by atoms with Gasteiger partial charge in [-0.2, -0.15) is 13.2 Å². The van der Waals surface area contributed by atoms with Gasteiger partial charge in [0.25, 0.3) is 0 Å². The molecule has 0 fully saturated rings. The summed E-state index contributed by atoms with van der Waals surface area (Å²) >= 11 is 0. The van der Waals surface area contributed by atoms with E-state index in [0.29, 0.717) is 18.7 Å². The molecule has 4 aromatic carbocycles. The third-order valence-electron chi connectivity index (χ3n) is 7.94. The molecule has 0 saturated heterocycles. The lowest BCUT2D eigenvalue weighted by Gasteiger charge is -2.12. The maximum atomic E-state index is 13.0. The minimum absolute atomic E-state index is 0.265. The van der Waals surface area contributed by atoms with Crippen LogP contribution in [-0.2, 0) is 25.7 Å². The van der Waals surface area contributed by atoms with Crippen LogP contribution in [0.1, 0.15) is 51.8 Å². The number of rotatable bonds is 9. The van der Waals surface area contributed by atoms with Gasteiger partial charge in [-0.3, -0.25) is 0 Å². The predicted molar refractivity (Wildman–Crippen MR) is 168 cm³/mol. The van der Waals surface area contributed by atoms with E-state index in [1.807, 2.05) is 54.1 Å². The van der Waals surface area contributed by atoms with E-state index in [1.54, 1.807) is 18.5 Å². The minimum Gasteiger partial charge on any atom is -0.478 e. The SMILES string of the molecule is CCCc1nc2c(C)cc(-c3cn(Cc4ccc(C(F)(F)F)cc4)cn3)cc2n1Cc1ccc(-c2ccccc2C(=O)O)cc1. The largest absolute Gasteiger partial charge is 0.478 e. The summed E-state index contributed by atoms with van der Waals surface area (Å²) < 4.78 is 43.0. The summed E-state index contributed by atoms with van der Waals surface area (Å²) in [6.45, 7) is 5.16. The van der Waals surface area contributed by atoms with Crippen molar-refractivity contribution in [1.29, 1.82) is 0 Å². The molecule has 45 heavy (non-hydrogen) atoms. The molecule has 2 aromatic heterocycles. The predicted octanol–water partition coefficient (Wildman–Crippen LogP) is 8.64. The molecule has 0 aliphatic carbocycles. The van der Waals surface area contributed by atoms with Gasteiger partial charge in [-0.05, 0) is 71.5 Å². The van der Waals surface area contributed by atoms with Crippen molar-refractivity contribution in [3.05, 3.63) is 131 Å². The van der Waals surface area contributed by atoms with E-state index in [9.17, 15) is 23.1 Å². The van der Waals surface area contributed by atoms with Crippen LogP contribution in [0.4, 0.5) is 13.2 Å². The first-order valence-corrected chi connectivity index (χ1v) is 14.7. The van der Waals surface area contributed by atoms with Crippen LogP contribution in [0.3, 0.4) is 0 Å². The van der Waals surface area contributed by atoms with Gasteiger partial charge in [-0.1, -0.05) is 61.5 Å². The highest BCUT2D eigenvalue weighted by Crippen LogP contribution is 2.31. The second kappa shape index (κ2) is 12.1. The van der Waals surface area contributed by atoms with Gasteiger partial charge in [0.2, 0.25) is 0 Å². The van der Waals surface area contributed by atoms with Gasteiger partial charge in [0.05, 0.1) is 34.2 Å². The van der Waals surface area contributed by atoms with Crippen LogP contribution in [0.5, 0.6) is 0 Å². The molecule has 0 unspecified atom stereocenters. The van der Waals surface area contributed by atoms with E-state index in [0.717, 1.165) is 75.3 Å². The Morgan fingerprint density at radius 2 is 1.58 bits per heavy atom. The average molecular weight is 609 g/mol. The van der Waals surface area contributed by atoms with E-state index < -0.39 is 17.7 Å². The molecule has 9 heteroatoms. The monoisotopic (exact) mass is 608 g/mol. The van der Waals surface area contributed by atoms with Gasteiger partial charge in [0.15, 0.2) is 0 Å². The molecule has 0 spiro atoms. The molecule has 0 atom stereocenters. The highest BCUT2D eigenvalue weighted by Gasteiger charge is 2.30. The number of imidazole rings is 2. The summed E-state index contributed by atoms with van der Waals surface area (Å²) in [5.74, 6) is 0.0280. The molecule has 1 N–H and O–H groups in total. The number of carboxylic acid groups (broad SMARTS) is 1. The number of alkyl halides is 3. The number of aryl methyl sites for hydroxylation is 2. The number of carboxylic acids is 1. The Morgan fingerprint density at radius 3 is 2.27 bits per heavy atom. The van der Waals surface area contributed by atoms with Crippen molar-refractivity contribution in [1.82, 2.24) is 19.1 Å². The summed E-state index contributed by atoms with van der Waals surface area (Å²) in [5, 5.41) is 9.61. The number of carbonyl (C=O) groups is 1. The van der Waals surface area contributed by atoms with Crippen molar-refractivity contribution >= 4 is 17.0 Å². The van der Waals surface area contributed by atoms with Crippen LogP contribution in [0.25, 0.3) is 33.4 Å². The van der Waals surface area contributed by atoms with Gasteiger partial charge in [-0.25, -0.2) is 14.8 Å². The first kappa shape index (κ1) is 29.9. The molecule has 0 aliphatic rings. The maximum absolute atomic E-state index is 13.0. The molecule has 0 radical (unpaired) electrons. The third kappa shape index (κ3) is 6.24. The summed E-state index contributed by atoms with van der Waals surface area (Å²) in [6, 6.07) is 24.3. The summed E-state index contributed by atoms with van der Waals surface area (Å²) in [4.78, 5) is 21.3. The smallest absolute Gasteiger partial charge is 0.416 e. The summed E-state index contributed by atoms with van der Waals surface area (Å²) in [7, 11) is 0. The lowest BCUT2D eigenvalue weighted by Crippen LogP contribution is -2.05. The number of hydrogen-bond donors (Lipinski definition) is 1. The third-order valence-corrected chi connectivity index (χ3v) is 7.94. The van der Waals surface area contributed by atoms with Crippen molar-refractivity contribution in [3.8, 4) is 22.4 Å². The van der Waals surface area contributed by atoms with Crippen molar-refractivity contribution in [2.45, 2.75) is 46.0 Å². The van der Waals surface area contributed by atoms with Crippen LogP contribution in [0.15, 0.2) is 97.5 Å². The quantitative estimate of drug-likeness (QED) is 0.178. The molecular weight excluding hydrogens is 577 g/mol. The molecule has 6 aromatic rings. The Hall–Kier alpha value is -5.18. The van der Waals surface area contributed by atoms with Crippen molar-refractivity contribution < 1.29 is 23.1 Å². The fraction of sp³-hybridized carbons (Fsp3) is 0.194. The molecular formula is C36H31F3N4O2. The number of aromatic carboxylic acids is 1. The lowest BCUT2D eigenvalue weighted by atomic mass is 9.98.